The second-order valence-corrected chi connectivity index (χ2v) is 5.78. The van der Waals surface area contributed by atoms with Gasteiger partial charge in [0, 0.05) is 43.2 Å². The Hall–Kier alpha value is -3.35. The zero-order valence-corrected chi connectivity index (χ0v) is 14.4. The summed E-state index contributed by atoms with van der Waals surface area (Å²) in [7, 11) is 0. The van der Waals surface area contributed by atoms with Gasteiger partial charge in [-0.15, -0.1) is 0 Å². The molecule has 2 aromatic heterocycles. The van der Waals surface area contributed by atoms with Crippen molar-refractivity contribution >= 4 is 5.91 Å². The summed E-state index contributed by atoms with van der Waals surface area (Å²) in [6, 6.07) is 10.4. The first kappa shape index (κ1) is 18.4. The highest BCUT2D eigenvalue weighted by molar-refractivity contribution is 5.76. The van der Waals surface area contributed by atoms with Gasteiger partial charge in [0.2, 0.25) is 11.8 Å². The van der Waals surface area contributed by atoms with Gasteiger partial charge in [-0.05, 0) is 42.3 Å². The minimum atomic E-state index is -1.01. The van der Waals surface area contributed by atoms with Gasteiger partial charge in [0.05, 0.1) is 0 Å². The van der Waals surface area contributed by atoms with E-state index in [9.17, 15) is 13.6 Å². The molecule has 0 aliphatic carbocycles. The van der Waals surface area contributed by atoms with Crippen LogP contribution in [0.15, 0.2) is 61.1 Å². The summed E-state index contributed by atoms with van der Waals surface area (Å²) >= 11 is 0. The number of amides is 1. The lowest BCUT2D eigenvalue weighted by atomic mass is 10.1. The minimum absolute atomic E-state index is 0.116. The van der Waals surface area contributed by atoms with E-state index in [0.29, 0.717) is 18.4 Å². The molecular formula is C20H17F2N3O2. The molecule has 0 unspecified atom stereocenters. The highest BCUT2D eigenvalue weighted by atomic mass is 19.2. The molecule has 0 saturated heterocycles. The van der Waals surface area contributed by atoms with Gasteiger partial charge in [0.15, 0.2) is 11.6 Å². The van der Waals surface area contributed by atoms with Crippen LogP contribution in [0.25, 0.3) is 0 Å². The lowest BCUT2D eigenvalue weighted by molar-refractivity contribution is -0.121. The molecular weight excluding hydrogens is 352 g/mol. The molecule has 0 spiro atoms. The van der Waals surface area contributed by atoms with E-state index in [0.717, 1.165) is 17.7 Å². The van der Waals surface area contributed by atoms with Gasteiger partial charge in [-0.3, -0.25) is 9.78 Å². The number of rotatable bonds is 7. The molecule has 0 saturated carbocycles. The van der Waals surface area contributed by atoms with Gasteiger partial charge < -0.3 is 10.1 Å². The van der Waals surface area contributed by atoms with Crippen molar-refractivity contribution in [2.45, 2.75) is 19.4 Å². The number of ether oxygens (including phenoxy) is 1. The van der Waals surface area contributed by atoms with Crippen LogP contribution in [-0.4, -0.2) is 15.9 Å². The van der Waals surface area contributed by atoms with E-state index in [1.165, 1.54) is 12.3 Å². The maximum atomic E-state index is 13.3. The molecule has 1 N–H and O–H groups in total. The molecule has 0 fully saturated rings. The number of aryl methyl sites for hydroxylation is 1. The molecule has 7 heteroatoms. The number of aromatic nitrogens is 2. The first-order chi connectivity index (χ1) is 13.1. The average Bonchev–Trinajstić information content (AvgIpc) is 2.69. The summed E-state index contributed by atoms with van der Waals surface area (Å²) in [5, 5.41) is 2.81. The third kappa shape index (κ3) is 5.31. The zero-order valence-electron chi connectivity index (χ0n) is 14.4. The first-order valence-electron chi connectivity index (χ1n) is 8.34. The number of hydrogen-bond acceptors (Lipinski definition) is 4. The standard InChI is InChI=1S/C20H17F2N3O2/c21-17-5-4-16(12-18(17)22)27-20-15(2-1-9-24-20)13-25-19(26)6-3-14-7-10-23-11-8-14/h1-2,4-5,7-12H,3,6,13H2,(H,25,26). The monoisotopic (exact) mass is 369 g/mol. The van der Waals surface area contributed by atoms with Crippen molar-refractivity contribution in [2.24, 2.45) is 0 Å². The van der Waals surface area contributed by atoms with Gasteiger partial charge in [-0.2, -0.15) is 0 Å². The number of pyridine rings is 2. The Labute approximate surface area is 155 Å². The van der Waals surface area contributed by atoms with Crippen LogP contribution in [0.4, 0.5) is 8.78 Å². The van der Waals surface area contributed by atoms with Crippen molar-refractivity contribution in [3.63, 3.8) is 0 Å². The van der Waals surface area contributed by atoms with Crippen molar-refractivity contribution in [3.05, 3.63) is 83.8 Å². The predicted molar refractivity (Wildman–Crippen MR) is 95.1 cm³/mol. The van der Waals surface area contributed by atoms with Crippen molar-refractivity contribution in [1.82, 2.24) is 15.3 Å². The molecule has 0 radical (unpaired) electrons. The number of carbonyl (C=O) groups excluding carboxylic acids is 1. The molecule has 3 aromatic rings. The van der Waals surface area contributed by atoms with E-state index in [-0.39, 0.29) is 24.1 Å². The van der Waals surface area contributed by atoms with E-state index in [4.69, 9.17) is 4.74 Å². The molecule has 138 valence electrons. The number of carbonyl (C=O) groups is 1. The van der Waals surface area contributed by atoms with Gasteiger partial charge >= 0.3 is 0 Å². The van der Waals surface area contributed by atoms with Crippen LogP contribution in [0.2, 0.25) is 0 Å². The smallest absolute Gasteiger partial charge is 0.224 e. The first-order valence-corrected chi connectivity index (χ1v) is 8.34. The Bertz CT molecular complexity index is 920. The van der Waals surface area contributed by atoms with Gasteiger partial charge in [0.1, 0.15) is 5.75 Å². The largest absolute Gasteiger partial charge is 0.439 e. The molecule has 27 heavy (non-hydrogen) atoms. The Kier molecular flexibility index (Phi) is 6.04. The summed E-state index contributed by atoms with van der Waals surface area (Å²) in [6.45, 7) is 0.210. The molecule has 5 nitrogen and oxygen atoms in total. The normalized spacial score (nSPS) is 10.4. The van der Waals surface area contributed by atoms with E-state index >= 15 is 0 Å². The second-order valence-electron chi connectivity index (χ2n) is 5.78. The van der Waals surface area contributed by atoms with Crippen molar-refractivity contribution in [1.29, 1.82) is 0 Å². The van der Waals surface area contributed by atoms with Gasteiger partial charge in [-0.25, -0.2) is 13.8 Å². The highest BCUT2D eigenvalue weighted by Crippen LogP contribution is 2.24. The highest BCUT2D eigenvalue weighted by Gasteiger charge is 2.10. The number of benzene rings is 1. The minimum Gasteiger partial charge on any atom is -0.439 e. The summed E-state index contributed by atoms with van der Waals surface area (Å²) in [5.41, 5.74) is 1.66. The molecule has 0 bridgehead atoms. The molecule has 2 heterocycles. The van der Waals surface area contributed by atoms with Crippen LogP contribution < -0.4 is 10.1 Å². The fourth-order valence-electron chi connectivity index (χ4n) is 2.39. The third-order valence-electron chi connectivity index (χ3n) is 3.82. The summed E-state index contributed by atoms with van der Waals surface area (Å²) in [6.07, 6.45) is 5.84. The lowest BCUT2D eigenvalue weighted by Gasteiger charge is -2.11. The predicted octanol–water partition coefficient (Wildman–Crippen LogP) is 3.80. The van der Waals surface area contributed by atoms with E-state index in [2.05, 4.69) is 15.3 Å². The molecule has 1 aromatic carbocycles. The number of nitrogens with one attached hydrogen (secondary N) is 1. The fourth-order valence-corrected chi connectivity index (χ4v) is 2.39. The number of halogens is 2. The lowest BCUT2D eigenvalue weighted by Crippen LogP contribution is -2.23. The average molecular weight is 369 g/mol. The van der Waals surface area contributed by atoms with Crippen LogP contribution in [0.1, 0.15) is 17.5 Å². The zero-order chi connectivity index (χ0) is 19.1. The summed E-state index contributed by atoms with van der Waals surface area (Å²) in [4.78, 5) is 20.1. The van der Waals surface area contributed by atoms with Gasteiger partial charge in [0.25, 0.3) is 0 Å². The van der Waals surface area contributed by atoms with Crippen molar-refractivity contribution in [2.75, 3.05) is 0 Å². The SMILES string of the molecule is O=C(CCc1ccncc1)NCc1cccnc1Oc1ccc(F)c(F)c1. The van der Waals surface area contributed by atoms with Crippen molar-refractivity contribution < 1.29 is 18.3 Å². The Balaban J connectivity index is 1.58. The second kappa shape index (κ2) is 8.84. The molecule has 0 atom stereocenters. The Morgan fingerprint density at radius 1 is 1.04 bits per heavy atom. The fraction of sp³-hybridized carbons (Fsp3) is 0.150. The summed E-state index contributed by atoms with van der Waals surface area (Å²) in [5.74, 6) is -1.73. The van der Waals surface area contributed by atoms with Gasteiger partial charge in [-0.1, -0.05) is 6.07 Å². The van der Waals surface area contributed by atoms with Crippen molar-refractivity contribution in [3.8, 4) is 11.6 Å². The molecule has 0 aliphatic heterocycles. The Morgan fingerprint density at radius 2 is 1.85 bits per heavy atom. The van der Waals surface area contributed by atoms with Crippen LogP contribution in [0.5, 0.6) is 11.6 Å². The van der Waals surface area contributed by atoms with Crippen LogP contribution in [0, 0.1) is 11.6 Å². The van der Waals surface area contributed by atoms with Crippen LogP contribution in [-0.2, 0) is 17.8 Å². The Morgan fingerprint density at radius 3 is 2.63 bits per heavy atom. The third-order valence-corrected chi connectivity index (χ3v) is 3.82. The molecule has 3 rings (SSSR count). The number of nitrogens with zero attached hydrogens (tertiary/aromatic N) is 2. The van der Waals surface area contributed by atoms with E-state index < -0.39 is 11.6 Å². The number of hydrogen-bond donors (Lipinski definition) is 1. The molecule has 1 amide bonds. The van der Waals surface area contributed by atoms with Crippen LogP contribution >= 0.6 is 0 Å². The maximum Gasteiger partial charge on any atom is 0.224 e. The quantitative estimate of drug-likeness (QED) is 0.688. The topological polar surface area (TPSA) is 64.1 Å². The van der Waals surface area contributed by atoms with E-state index in [1.54, 1.807) is 24.5 Å². The van der Waals surface area contributed by atoms with Crippen LogP contribution in [0.3, 0.4) is 0 Å². The summed E-state index contributed by atoms with van der Waals surface area (Å²) < 4.78 is 31.9. The molecule has 0 aliphatic rings. The maximum absolute atomic E-state index is 13.3. The van der Waals surface area contributed by atoms with E-state index in [1.807, 2.05) is 12.1 Å².